The van der Waals surface area contributed by atoms with Crippen LogP contribution in [0.5, 0.6) is 0 Å². The van der Waals surface area contributed by atoms with Crippen LogP contribution < -0.4 is 10.2 Å². The van der Waals surface area contributed by atoms with E-state index in [0.29, 0.717) is 37.8 Å². The van der Waals surface area contributed by atoms with Crippen molar-refractivity contribution in [2.24, 2.45) is 5.92 Å². The van der Waals surface area contributed by atoms with E-state index >= 15 is 0 Å². The number of pyridine rings is 1. The fraction of sp³-hybridized carbons (Fsp3) is 0.474. The van der Waals surface area contributed by atoms with Crippen molar-refractivity contribution in [2.75, 3.05) is 36.4 Å². The number of nitrogens with zero attached hydrogens (tertiary/aromatic N) is 6. The maximum absolute atomic E-state index is 12.5. The molecule has 0 spiro atoms. The molecule has 2 fully saturated rings. The maximum atomic E-state index is 12.5. The molecule has 1 aliphatic heterocycles. The van der Waals surface area contributed by atoms with Crippen LogP contribution in [0.1, 0.15) is 31.4 Å². The van der Waals surface area contributed by atoms with E-state index in [1.807, 2.05) is 21.8 Å². The van der Waals surface area contributed by atoms with Crippen molar-refractivity contribution in [2.45, 2.75) is 25.8 Å². The van der Waals surface area contributed by atoms with E-state index in [2.05, 4.69) is 33.3 Å². The number of anilines is 2. The third-order valence-electron chi connectivity index (χ3n) is 5.34. The Morgan fingerprint density at radius 3 is 2.67 bits per heavy atom. The Bertz CT molecular complexity index is 842. The summed E-state index contributed by atoms with van der Waals surface area (Å²) in [5, 5.41) is 16.2. The van der Waals surface area contributed by atoms with Gasteiger partial charge in [0.1, 0.15) is 11.9 Å². The van der Waals surface area contributed by atoms with Gasteiger partial charge in [-0.15, -0.1) is 0 Å². The smallest absolute Gasteiger partial charge is 0.322 e. The number of urea groups is 1. The van der Waals surface area contributed by atoms with E-state index in [9.17, 15) is 4.79 Å². The SMILES string of the molecule is CC(C1CC1)n1cc(NC(=O)N2CCN(c3ccc(C#N)cn3)CC2)cn1. The number of aromatic nitrogens is 3. The molecule has 0 aromatic carbocycles. The van der Waals surface area contributed by atoms with Crippen LogP contribution in [0.2, 0.25) is 0 Å². The molecule has 1 saturated carbocycles. The zero-order valence-electron chi connectivity index (χ0n) is 15.4. The second kappa shape index (κ2) is 7.27. The summed E-state index contributed by atoms with van der Waals surface area (Å²) >= 11 is 0. The molecule has 2 amide bonds. The zero-order chi connectivity index (χ0) is 18.8. The van der Waals surface area contributed by atoms with Crippen LogP contribution in [0.15, 0.2) is 30.7 Å². The lowest BCUT2D eigenvalue weighted by Crippen LogP contribution is -2.50. The average Bonchev–Trinajstić information content (AvgIpc) is 3.46. The number of carbonyl (C=O) groups is 1. The first-order valence-electron chi connectivity index (χ1n) is 9.35. The summed E-state index contributed by atoms with van der Waals surface area (Å²) in [5.41, 5.74) is 1.29. The van der Waals surface area contributed by atoms with Crippen LogP contribution in [0.3, 0.4) is 0 Å². The van der Waals surface area contributed by atoms with Gasteiger partial charge in [0.05, 0.1) is 23.5 Å². The fourth-order valence-electron chi connectivity index (χ4n) is 3.40. The summed E-state index contributed by atoms with van der Waals surface area (Å²) in [4.78, 5) is 20.8. The van der Waals surface area contributed by atoms with Gasteiger partial charge in [-0.2, -0.15) is 10.4 Å². The Balaban J connectivity index is 1.30. The predicted molar refractivity (Wildman–Crippen MR) is 101 cm³/mol. The van der Waals surface area contributed by atoms with Crippen molar-refractivity contribution in [3.8, 4) is 6.07 Å². The van der Waals surface area contributed by atoms with E-state index in [0.717, 1.165) is 17.4 Å². The van der Waals surface area contributed by atoms with E-state index in [1.54, 1.807) is 18.5 Å². The van der Waals surface area contributed by atoms with Crippen molar-refractivity contribution >= 4 is 17.5 Å². The number of carbonyl (C=O) groups excluding carboxylic acids is 1. The van der Waals surface area contributed by atoms with E-state index in [4.69, 9.17) is 5.26 Å². The summed E-state index contributed by atoms with van der Waals surface area (Å²) in [5.74, 6) is 1.56. The molecule has 140 valence electrons. The Kier molecular flexibility index (Phi) is 4.67. The Morgan fingerprint density at radius 1 is 1.26 bits per heavy atom. The molecule has 8 nitrogen and oxygen atoms in total. The number of nitrogens with one attached hydrogen (secondary N) is 1. The summed E-state index contributed by atoms with van der Waals surface area (Å²) in [6.07, 6.45) is 7.74. The molecule has 1 aliphatic carbocycles. The summed E-state index contributed by atoms with van der Waals surface area (Å²) in [6, 6.07) is 5.98. The van der Waals surface area contributed by atoms with E-state index < -0.39 is 0 Å². The first-order chi connectivity index (χ1) is 13.1. The molecule has 0 bridgehead atoms. The number of nitriles is 1. The van der Waals surface area contributed by atoms with Crippen LogP contribution in [0, 0.1) is 17.2 Å². The highest BCUT2D eigenvalue weighted by atomic mass is 16.2. The van der Waals surface area contributed by atoms with Crippen LogP contribution in [-0.4, -0.2) is 51.9 Å². The molecule has 8 heteroatoms. The minimum Gasteiger partial charge on any atom is -0.353 e. The van der Waals surface area contributed by atoms with E-state index in [-0.39, 0.29) is 6.03 Å². The molecule has 2 aromatic heterocycles. The molecular weight excluding hydrogens is 342 g/mol. The molecular formula is C19H23N7O. The van der Waals surface area contributed by atoms with Gasteiger partial charge in [-0.3, -0.25) is 4.68 Å². The monoisotopic (exact) mass is 365 g/mol. The van der Waals surface area contributed by atoms with E-state index in [1.165, 1.54) is 12.8 Å². The van der Waals surface area contributed by atoms with Gasteiger partial charge in [0.25, 0.3) is 0 Å². The second-order valence-corrected chi connectivity index (χ2v) is 7.21. The molecule has 2 aliphatic rings. The molecule has 2 aromatic rings. The largest absolute Gasteiger partial charge is 0.353 e. The average molecular weight is 365 g/mol. The minimum atomic E-state index is -0.0962. The molecule has 0 radical (unpaired) electrons. The third-order valence-corrected chi connectivity index (χ3v) is 5.34. The highest BCUT2D eigenvalue weighted by molar-refractivity contribution is 5.89. The zero-order valence-corrected chi connectivity index (χ0v) is 15.4. The summed E-state index contributed by atoms with van der Waals surface area (Å²) in [7, 11) is 0. The Labute approximate surface area is 158 Å². The quantitative estimate of drug-likeness (QED) is 0.899. The molecule has 1 atom stereocenters. The minimum absolute atomic E-state index is 0.0962. The standard InChI is InChI=1S/C19H23N7O/c1-14(16-3-4-16)26-13-17(12-22-26)23-19(27)25-8-6-24(7-9-25)18-5-2-15(10-20)11-21-18/h2,5,11-14,16H,3-4,6-9H2,1H3,(H,23,27). The normalized spacial score (nSPS) is 18.1. The number of amides is 2. The molecule has 1 saturated heterocycles. The fourth-order valence-corrected chi connectivity index (χ4v) is 3.40. The molecule has 1 N–H and O–H groups in total. The van der Waals surface area contributed by atoms with Crippen LogP contribution in [0.25, 0.3) is 0 Å². The van der Waals surface area contributed by atoms with Crippen molar-refractivity contribution in [1.29, 1.82) is 5.26 Å². The van der Waals surface area contributed by atoms with Gasteiger partial charge in [-0.25, -0.2) is 9.78 Å². The first-order valence-corrected chi connectivity index (χ1v) is 9.35. The lowest BCUT2D eigenvalue weighted by molar-refractivity contribution is 0.208. The van der Waals surface area contributed by atoms with Crippen LogP contribution >= 0.6 is 0 Å². The van der Waals surface area contributed by atoms with Crippen molar-refractivity contribution in [3.63, 3.8) is 0 Å². The highest BCUT2D eigenvalue weighted by Crippen LogP contribution is 2.39. The van der Waals surface area contributed by atoms with Crippen molar-refractivity contribution in [3.05, 3.63) is 36.3 Å². The number of hydrogen-bond donors (Lipinski definition) is 1. The molecule has 1 unspecified atom stereocenters. The van der Waals surface area contributed by atoms with Crippen molar-refractivity contribution in [1.82, 2.24) is 19.7 Å². The summed E-state index contributed by atoms with van der Waals surface area (Å²) < 4.78 is 1.95. The Morgan fingerprint density at radius 2 is 2.04 bits per heavy atom. The van der Waals surface area contributed by atoms with Gasteiger partial charge >= 0.3 is 6.03 Å². The number of hydrogen-bond acceptors (Lipinski definition) is 5. The summed E-state index contributed by atoms with van der Waals surface area (Å²) in [6.45, 7) is 4.85. The number of rotatable bonds is 4. The predicted octanol–water partition coefficient (Wildman–Crippen LogP) is 2.47. The van der Waals surface area contributed by atoms with Gasteiger partial charge in [-0.05, 0) is 37.8 Å². The van der Waals surface area contributed by atoms with Crippen molar-refractivity contribution < 1.29 is 4.79 Å². The molecule has 4 rings (SSSR count). The molecule has 27 heavy (non-hydrogen) atoms. The maximum Gasteiger partial charge on any atom is 0.322 e. The first kappa shape index (κ1) is 17.3. The van der Waals surface area contributed by atoms with Crippen LogP contribution in [0.4, 0.5) is 16.3 Å². The van der Waals surface area contributed by atoms with Gasteiger partial charge in [0.2, 0.25) is 0 Å². The lowest BCUT2D eigenvalue weighted by atomic mass is 10.2. The highest BCUT2D eigenvalue weighted by Gasteiger charge is 2.29. The van der Waals surface area contributed by atoms with Gasteiger partial charge in [0.15, 0.2) is 0 Å². The lowest BCUT2D eigenvalue weighted by Gasteiger charge is -2.35. The molecule has 3 heterocycles. The second-order valence-electron chi connectivity index (χ2n) is 7.21. The number of piperazine rings is 1. The third kappa shape index (κ3) is 3.87. The van der Waals surface area contributed by atoms with Gasteiger partial charge in [0, 0.05) is 38.6 Å². The topological polar surface area (TPSA) is 90.1 Å². The van der Waals surface area contributed by atoms with Gasteiger partial charge in [-0.1, -0.05) is 0 Å². The van der Waals surface area contributed by atoms with Gasteiger partial charge < -0.3 is 15.1 Å². The Hall–Kier alpha value is -3.08. The van der Waals surface area contributed by atoms with Crippen LogP contribution in [-0.2, 0) is 0 Å².